The highest BCUT2D eigenvalue weighted by Gasteiger charge is 2.19. The minimum atomic E-state index is -0.296. The fourth-order valence-electron chi connectivity index (χ4n) is 4.17. The van der Waals surface area contributed by atoms with Crippen LogP contribution in [0.3, 0.4) is 0 Å². The highest BCUT2D eigenvalue weighted by molar-refractivity contribution is 5.92. The van der Waals surface area contributed by atoms with E-state index in [-0.39, 0.29) is 18.0 Å². The van der Waals surface area contributed by atoms with Crippen molar-refractivity contribution in [3.05, 3.63) is 100 Å². The van der Waals surface area contributed by atoms with E-state index >= 15 is 0 Å². The van der Waals surface area contributed by atoms with Crippen LogP contribution in [0.25, 0.3) is 11.0 Å². The van der Waals surface area contributed by atoms with E-state index in [0.29, 0.717) is 17.6 Å². The van der Waals surface area contributed by atoms with Crippen molar-refractivity contribution in [2.24, 2.45) is 0 Å². The molecule has 6 nitrogen and oxygen atoms in total. The summed E-state index contributed by atoms with van der Waals surface area (Å²) in [6, 6.07) is 23.6. The molecule has 1 aliphatic rings. The molecule has 0 radical (unpaired) electrons. The predicted octanol–water partition coefficient (Wildman–Crippen LogP) is 3.60. The molecule has 1 aromatic heterocycles. The Balaban J connectivity index is 1.37. The van der Waals surface area contributed by atoms with Crippen molar-refractivity contribution in [1.29, 1.82) is 0 Å². The molecular weight excluding hydrogens is 388 g/mol. The minimum Gasteiger partial charge on any atom is -0.367 e. The number of carbonyl (C=O) groups is 1. The van der Waals surface area contributed by atoms with Gasteiger partial charge in [-0.3, -0.25) is 14.2 Å². The molecule has 31 heavy (non-hydrogen) atoms. The van der Waals surface area contributed by atoms with Gasteiger partial charge in [0.1, 0.15) is 6.54 Å². The van der Waals surface area contributed by atoms with Gasteiger partial charge in [0.2, 0.25) is 5.91 Å². The molecule has 1 aliphatic heterocycles. The van der Waals surface area contributed by atoms with Crippen LogP contribution in [0.2, 0.25) is 0 Å². The summed E-state index contributed by atoms with van der Waals surface area (Å²) in [5.41, 5.74) is 5.44. The summed E-state index contributed by atoms with van der Waals surface area (Å²) in [5.74, 6) is -0.243. The Morgan fingerprint density at radius 1 is 0.968 bits per heavy atom. The molecule has 0 unspecified atom stereocenters. The Kier molecular flexibility index (Phi) is 4.96. The molecular formula is C25H22N4O2. The summed E-state index contributed by atoms with van der Waals surface area (Å²) in [5, 5.41) is 3.00. The van der Waals surface area contributed by atoms with Gasteiger partial charge in [0, 0.05) is 24.5 Å². The van der Waals surface area contributed by atoms with Gasteiger partial charge >= 0.3 is 0 Å². The van der Waals surface area contributed by atoms with Crippen LogP contribution in [-0.4, -0.2) is 22.0 Å². The fourth-order valence-corrected chi connectivity index (χ4v) is 4.17. The van der Waals surface area contributed by atoms with Crippen molar-refractivity contribution >= 4 is 28.3 Å². The van der Waals surface area contributed by atoms with Gasteiger partial charge in [-0.1, -0.05) is 48.5 Å². The van der Waals surface area contributed by atoms with E-state index in [1.165, 1.54) is 22.0 Å². The van der Waals surface area contributed by atoms with Crippen molar-refractivity contribution < 1.29 is 4.79 Å². The van der Waals surface area contributed by atoms with Crippen LogP contribution < -0.4 is 15.8 Å². The van der Waals surface area contributed by atoms with Gasteiger partial charge in [-0.25, -0.2) is 4.98 Å². The van der Waals surface area contributed by atoms with Crippen LogP contribution in [-0.2, 0) is 24.3 Å². The summed E-state index contributed by atoms with van der Waals surface area (Å²) in [6.45, 7) is 1.61. The van der Waals surface area contributed by atoms with Crippen molar-refractivity contribution in [3.8, 4) is 0 Å². The number of anilines is 2. The second-order valence-electron chi connectivity index (χ2n) is 7.68. The lowest BCUT2D eigenvalue weighted by Gasteiger charge is -2.21. The first-order valence-corrected chi connectivity index (χ1v) is 10.3. The lowest BCUT2D eigenvalue weighted by Crippen LogP contribution is -2.28. The summed E-state index contributed by atoms with van der Waals surface area (Å²) in [7, 11) is 0. The van der Waals surface area contributed by atoms with Crippen LogP contribution in [0.1, 0.15) is 11.1 Å². The maximum atomic E-state index is 12.9. The fraction of sp³-hybridized carbons (Fsp3) is 0.160. The summed E-state index contributed by atoms with van der Waals surface area (Å²) >= 11 is 0. The third kappa shape index (κ3) is 3.80. The number of rotatable bonds is 5. The second kappa shape index (κ2) is 8.07. The molecule has 3 aromatic carbocycles. The zero-order valence-corrected chi connectivity index (χ0v) is 17.0. The molecule has 0 bridgehead atoms. The number of nitrogens with zero attached hydrogens (tertiary/aromatic N) is 3. The van der Waals surface area contributed by atoms with E-state index in [4.69, 9.17) is 0 Å². The van der Waals surface area contributed by atoms with E-state index < -0.39 is 0 Å². The van der Waals surface area contributed by atoms with Crippen molar-refractivity contribution in [2.75, 3.05) is 16.8 Å². The Bertz CT molecular complexity index is 1330. The number of aromatic nitrogens is 2. The lowest BCUT2D eigenvalue weighted by atomic mass is 10.1. The smallest absolute Gasteiger partial charge is 0.269 e. The quantitative estimate of drug-likeness (QED) is 0.546. The van der Waals surface area contributed by atoms with E-state index in [9.17, 15) is 9.59 Å². The molecule has 1 N–H and O–H groups in total. The number of amides is 1. The van der Waals surface area contributed by atoms with Crippen LogP contribution in [0.4, 0.5) is 11.4 Å². The molecule has 5 rings (SSSR count). The highest BCUT2D eigenvalue weighted by atomic mass is 16.2. The van der Waals surface area contributed by atoms with Crippen molar-refractivity contribution in [3.63, 3.8) is 0 Å². The largest absolute Gasteiger partial charge is 0.367 e. The summed E-state index contributed by atoms with van der Waals surface area (Å²) in [6.07, 6.45) is 2.29. The minimum absolute atomic E-state index is 0.0667. The van der Waals surface area contributed by atoms with Gasteiger partial charge in [0.05, 0.1) is 17.2 Å². The Morgan fingerprint density at radius 3 is 2.68 bits per heavy atom. The molecule has 6 heteroatoms. The number of benzene rings is 3. The summed E-state index contributed by atoms with van der Waals surface area (Å²) < 4.78 is 1.46. The molecule has 0 saturated carbocycles. The van der Waals surface area contributed by atoms with Gasteiger partial charge in [-0.15, -0.1) is 0 Å². The summed E-state index contributed by atoms with van der Waals surface area (Å²) in [4.78, 5) is 31.7. The average Bonchev–Trinajstić information content (AvgIpc) is 3.20. The molecule has 0 aliphatic carbocycles. The van der Waals surface area contributed by atoms with Crippen LogP contribution in [0.5, 0.6) is 0 Å². The SMILES string of the molecule is O=C(Cn1c(=O)cnc2ccccc21)Nc1ccccc1CN1CCc2ccccc21. The first-order chi connectivity index (χ1) is 15.2. The molecule has 154 valence electrons. The molecule has 0 saturated heterocycles. The third-order valence-corrected chi connectivity index (χ3v) is 5.69. The van der Waals surface area contributed by atoms with E-state index in [1.54, 1.807) is 6.07 Å². The number of para-hydroxylation sites is 4. The number of nitrogens with one attached hydrogen (secondary N) is 1. The second-order valence-corrected chi connectivity index (χ2v) is 7.68. The first kappa shape index (κ1) is 19.1. The van der Waals surface area contributed by atoms with Gasteiger partial charge in [0.15, 0.2) is 0 Å². The van der Waals surface area contributed by atoms with E-state index in [1.807, 2.05) is 42.5 Å². The average molecular weight is 410 g/mol. The van der Waals surface area contributed by atoms with Crippen LogP contribution in [0.15, 0.2) is 83.8 Å². The number of hydrogen-bond donors (Lipinski definition) is 1. The molecule has 2 heterocycles. The van der Waals surface area contributed by atoms with E-state index in [2.05, 4.69) is 39.5 Å². The molecule has 0 spiro atoms. The molecule has 0 atom stereocenters. The highest BCUT2D eigenvalue weighted by Crippen LogP contribution is 2.30. The normalized spacial score (nSPS) is 12.7. The lowest BCUT2D eigenvalue weighted by molar-refractivity contribution is -0.116. The van der Waals surface area contributed by atoms with Crippen LogP contribution >= 0.6 is 0 Å². The standard InChI is InChI=1S/C25H22N4O2/c30-24(17-29-23-12-6-4-10-21(23)26-15-25(29)31)27-20-9-3-1-8-19(20)16-28-14-13-18-7-2-5-11-22(18)28/h1-12,15H,13-14,16-17H2,(H,27,30). The van der Waals surface area contributed by atoms with Gasteiger partial charge in [0.25, 0.3) is 5.56 Å². The van der Waals surface area contributed by atoms with Gasteiger partial charge in [-0.05, 0) is 41.8 Å². The Hall–Kier alpha value is -3.93. The van der Waals surface area contributed by atoms with Gasteiger partial charge < -0.3 is 10.2 Å². The predicted molar refractivity (Wildman–Crippen MR) is 122 cm³/mol. The first-order valence-electron chi connectivity index (χ1n) is 10.3. The Labute approximate surface area is 179 Å². The molecule has 0 fully saturated rings. The zero-order chi connectivity index (χ0) is 21.2. The maximum absolute atomic E-state index is 12.9. The number of fused-ring (bicyclic) bond motifs is 2. The maximum Gasteiger partial charge on any atom is 0.269 e. The number of carbonyl (C=O) groups excluding carboxylic acids is 1. The monoisotopic (exact) mass is 410 g/mol. The van der Waals surface area contributed by atoms with Gasteiger partial charge in [-0.2, -0.15) is 0 Å². The van der Waals surface area contributed by atoms with Crippen molar-refractivity contribution in [2.45, 2.75) is 19.5 Å². The molecule has 1 amide bonds. The van der Waals surface area contributed by atoms with Crippen molar-refractivity contribution in [1.82, 2.24) is 9.55 Å². The number of hydrogen-bond acceptors (Lipinski definition) is 4. The topological polar surface area (TPSA) is 67.2 Å². The Morgan fingerprint density at radius 2 is 1.74 bits per heavy atom. The zero-order valence-electron chi connectivity index (χ0n) is 17.0. The van der Waals surface area contributed by atoms with Crippen LogP contribution in [0, 0.1) is 0 Å². The van der Waals surface area contributed by atoms with E-state index in [0.717, 1.165) is 24.2 Å². The molecule has 4 aromatic rings. The third-order valence-electron chi connectivity index (χ3n) is 5.69.